The molecule has 0 aromatic heterocycles. The lowest BCUT2D eigenvalue weighted by molar-refractivity contribution is -0.144. The highest BCUT2D eigenvalue weighted by molar-refractivity contribution is 6.04. The lowest BCUT2D eigenvalue weighted by atomic mass is 10.1. The lowest BCUT2D eigenvalue weighted by Gasteiger charge is -2.39. The number of carboxylic acid groups (broad SMARTS) is 1. The molecule has 4 N–H and O–H groups in total. The molecule has 0 aliphatic carbocycles. The van der Waals surface area contributed by atoms with E-state index in [1.807, 2.05) is 6.07 Å². The fourth-order valence-corrected chi connectivity index (χ4v) is 3.26. The van der Waals surface area contributed by atoms with Crippen molar-refractivity contribution in [3.8, 4) is 0 Å². The van der Waals surface area contributed by atoms with Gasteiger partial charge in [-0.2, -0.15) is 0 Å². The Labute approximate surface area is 170 Å². The van der Waals surface area contributed by atoms with E-state index in [1.54, 1.807) is 24.3 Å². The smallest absolute Gasteiger partial charge is 0.408 e. The molecule has 12 nitrogen and oxygen atoms in total. The first-order valence-electron chi connectivity index (χ1n) is 9.04. The van der Waals surface area contributed by atoms with Crippen LogP contribution in [0.3, 0.4) is 0 Å². The van der Waals surface area contributed by atoms with Gasteiger partial charge in [0.1, 0.15) is 24.8 Å². The van der Waals surface area contributed by atoms with E-state index in [2.05, 4.69) is 5.32 Å². The second kappa shape index (κ2) is 8.68. The van der Waals surface area contributed by atoms with Crippen LogP contribution >= 0.6 is 0 Å². The molecule has 2 saturated heterocycles. The van der Waals surface area contributed by atoms with E-state index in [0.717, 1.165) is 15.4 Å². The first-order valence-corrected chi connectivity index (χ1v) is 9.04. The molecule has 2 aliphatic rings. The standard InChI is InChI=1S/C18H20N4O8/c19-16(26)30-11-6-13(15(24)25)21(7-11)18(28)22-8-12(14(22)23)20-17(27)29-9-10-4-2-1-3-5-10/h1-5,11-13H,6-9H2,(H2,19,26)(H,20,27)(H,24,25)/t11-,12-,13-/m0/s1. The average Bonchev–Trinajstić information content (AvgIpc) is 3.13. The Balaban J connectivity index is 1.51. The van der Waals surface area contributed by atoms with E-state index in [1.165, 1.54) is 0 Å². The predicted octanol–water partition coefficient (Wildman–Crippen LogP) is -0.134. The number of carbonyl (C=O) groups is 5. The summed E-state index contributed by atoms with van der Waals surface area (Å²) in [6.07, 6.45) is -2.93. The third-order valence-electron chi connectivity index (χ3n) is 4.74. The van der Waals surface area contributed by atoms with Gasteiger partial charge in [0, 0.05) is 6.42 Å². The summed E-state index contributed by atoms with van der Waals surface area (Å²) >= 11 is 0. The van der Waals surface area contributed by atoms with Crippen LogP contribution in [-0.2, 0) is 25.7 Å². The molecule has 0 unspecified atom stereocenters. The zero-order valence-corrected chi connectivity index (χ0v) is 15.7. The van der Waals surface area contributed by atoms with Gasteiger partial charge in [0.2, 0.25) is 0 Å². The Kier molecular flexibility index (Phi) is 6.04. The second-order valence-electron chi connectivity index (χ2n) is 6.79. The maximum Gasteiger partial charge on any atom is 0.408 e. The van der Waals surface area contributed by atoms with Crippen LogP contribution in [-0.4, -0.2) is 76.3 Å². The van der Waals surface area contributed by atoms with E-state index in [4.69, 9.17) is 15.2 Å². The number of nitrogens with one attached hydrogen (secondary N) is 1. The number of nitrogens with zero attached hydrogens (tertiary/aromatic N) is 2. The molecular weight excluding hydrogens is 400 g/mol. The molecule has 0 spiro atoms. The van der Waals surface area contributed by atoms with Crippen molar-refractivity contribution < 1.29 is 38.6 Å². The molecule has 3 rings (SSSR count). The number of likely N-dealkylation sites (tertiary alicyclic amines) is 2. The molecule has 3 atom stereocenters. The number of hydrogen-bond acceptors (Lipinski definition) is 7. The first-order chi connectivity index (χ1) is 14.3. The minimum atomic E-state index is -1.30. The topological polar surface area (TPSA) is 169 Å². The maximum absolute atomic E-state index is 12.6. The minimum absolute atomic E-state index is 0.0194. The number of primary amides is 1. The molecule has 0 saturated carbocycles. The largest absolute Gasteiger partial charge is 0.480 e. The second-order valence-corrected chi connectivity index (χ2v) is 6.79. The number of amides is 5. The Morgan fingerprint density at radius 1 is 1.17 bits per heavy atom. The van der Waals surface area contributed by atoms with Gasteiger partial charge in [-0.05, 0) is 5.56 Å². The third-order valence-corrected chi connectivity index (χ3v) is 4.74. The van der Waals surface area contributed by atoms with Gasteiger partial charge in [0.25, 0.3) is 5.91 Å². The minimum Gasteiger partial charge on any atom is -0.480 e. The quantitative estimate of drug-likeness (QED) is 0.553. The molecule has 2 fully saturated rings. The predicted molar refractivity (Wildman–Crippen MR) is 97.9 cm³/mol. The molecule has 1 aromatic rings. The van der Waals surface area contributed by atoms with Gasteiger partial charge in [0.15, 0.2) is 0 Å². The number of benzene rings is 1. The fraction of sp³-hybridized carbons (Fsp3) is 0.389. The number of ether oxygens (including phenoxy) is 2. The highest BCUT2D eigenvalue weighted by atomic mass is 16.6. The van der Waals surface area contributed by atoms with Gasteiger partial charge in [-0.3, -0.25) is 9.69 Å². The zero-order chi connectivity index (χ0) is 21.8. The van der Waals surface area contributed by atoms with Gasteiger partial charge >= 0.3 is 24.2 Å². The Bertz CT molecular complexity index is 861. The SMILES string of the molecule is NC(=O)O[C@H]1C[C@@H](C(=O)O)N(C(=O)N2C[C@H](NC(=O)OCc3ccccc3)C2=O)C1. The molecule has 30 heavy (non-hydrogen) atoms. The molecule has 12 heteroatoms. The van der Waals surface area contributed by atoms with Crippen molar-refractivity contribution in [1.29, 1.82) is 0 Å². The Hall–Kier alpha value is -3.83. The van der Waals surface area contributed by atoms with E-state index in [0.29, 0.717) is 0 Å². The highest BCUT2D eigenvalue weighted by Crippen LogP contribution is 2.24. The van der Waals surface area contributed by atoms with E-state index in [9.17, 15) is 29.1 Å². The van der Waals surface area contributed by atoms with Crippen LogP contribution in [0.4, 0.5) is 14.4 Å². The zero-order valence-electron chi connectivity index (χ0n) is 15.7. The number of alkyl carbamates (subject to hydrolysis) is 1. The third kappa shape index (κ3) is 4.59. The molecule has 0 bridgehead atoms. The van der Waals surface area contributed by atoms with Crippen LogP contribution in [0.1, 0.15) is 12.0 Å². The number of nitrogens with two attached hydrogens (primary N) is 1. The van der Waals surface area contributed by atoms with Crippen LogP contribution in [0.2, 0.25) is 0 Å². The first kappa shape index (κ1) is 20.9. The summed E-state index contributed by atoms with van der Waals surface area (Å²) in [5.74, 6) is -1.99. The monoisotopic (exact) mass is 420 g/mol. The number of aliphatic carboxylic acids is 1. The number of carbonyl (C=O) groups excluding carboxylic acids is 4. The normalized spacial score (nSPS) is 22.8. The van der Waals surface area contributed by atoms with Crippen LogP contribution in [0, 0.1) is 0 Å². The van der Waals surface area contributed by atoms with Crippen molar-refractivity contribution in [3.63, 3.8) is 0 Å². The summed E-state index contributed by atoms with van der Waals surface area (Å²) in [5.41, 5.74) is 5.70. The number of hydrogen-bond donors (Lipinski definition) is 3. The number of imide groups is 1. The van der Waals surface area contributed by atoms with Crippen molar-refractivity contribution in [2.45, 2.75) is 31.2 Å². The van der Waals surface area contributed by atoms with Crippen molar-refractivity contribution in [2.24, 2.45) is 5.73 Å². The number of carboxylic acids is 1. The average molecular weight is 420 g/mol. The summed E-state index contributed by atoms with van der Waals surface area (Å²) in [7, 11) is 0. The van der Waals surface area contributed by atoms with Crippen LogP contribution in [0.25, 0.3) is 0 Å². The summed E-state index contributed by atoms with van der Waals surface area (Å²) < 4.78 is 9.80. The molecule has 2 aliphatic heterocycles. The molecule has 0 radical (unpaired) electrons. The van der Waals surface area contributed by atoms with E-state index in [-0.39, 0.29) is 26.1 Å². The summed E-state index contributed by atoms with van der Waals surface area (Å²) in [6, 6.07) is 5.87. The fourth-order valence-electron chi connectivity index (χ4n) is 3.26. The van der Waals surface area contributed by atoms with Crippen molar-refractivity contribution in [2.75, 3.05) is 13.1 Å². The number of urea groups is 1. The van der Waals surface area contributed by atoms with Crippen molar-refractivity contribution >= 4 is 30.1 Å². The van der Waals surface area contributed by atoms with Crippen LogP contribution in [0.15, 0.2) is 30.3 Å². The molecule has 2 heterocycles. The van der Waals surface area contributed by atoms with E-state index < -0.39 is 48.3 Å². The van der Waals surface area contributed by atoms with Crippen LogP contribution < -0.4 is 11.1 Å². The summed E-state index contributed by atoms with van der Waals surface area (Å²) in [4.78, 5) is 60.7. The van der Waals surface area contributed by atoms with Crippen molar-refractivity contribution in [1.82, 2.24) is 15.1 Å². The van der Waals surface area contributed by atoms with Gasteiger partial charge in [0.05, 0.1) is 13.1 Å². The van der Waals surface area contributed by atoms with E-state index >= 15 is 0 Å². The van der Waals surface area contributed by atoms with Gasteiger partial charge in [-0.15, -0.1) is 0 Å². The molecule has 160 valence electrons. The number of rotatable bonds is 5. The maximum atomic E-state index is 12.6. The lowest BCUT2D eigenvalue weighted by Crippen LogP contribution is -2.68. The molecular formula is C18H20N4O8. The molecule has 1 aromatic carbocycles. The summed E-state index contributed by atoms with van der Waals surface area (Å²) in [5, 5.41) is 11.7. The van der Waals surface area contributed by atoms with Gasteiger partial charge in [-0.25, -0.2) is 19.2 Å². The molecule has 5 amide bonds. The van der Waals surface area contributed by atoms with Crippen LogP contribution in [0.5, 0.6) is 0 Å². The Morgan fingerprint density at radius 3 is 2.47 bits per heavy atom. The van der Waals surface area contributed by atoms with Gasteiger partial charge < -0.3 is 30.5 Å². The summed E-state index contributed by atoms with van der Waals surface area (Å²) in [6.45, 7) is -0.326. The van der Waals surface area contributed by atoms with Gasteiger partial charge in [-0.1, -0.05) is 30.3 Å². The highest BCUT2D eigenvalue weighted by Gasteiger charge is 2.49. The number of β-lactam (4-membered cyclic amide) rings is 1. The van der Waals surface area contributed by atoms with Crippen molar-refractivity contribution in [3.05, 3.63) is 35.9 Å². The Morgan fingerprint density at radius 2 is 1.87 bits per heavy atom.